The summed E-state index contributed by atoms with van der Waals surface area (Å²) in [6, 6.07) is 14.8. The maximum absolute atomic E-state index is 13.8. The van der Waals surface area contributed by atoms with Crippen LogP contribution in [0, 0.1) is 23.4 Å². The summed E-state index contributed by atoms with van der Waals surface area (Å²) >= 11 is 0. The first-order chi connectivity index (χ1) is 13.5. The van der Waals surface area contributed by atoms with Gasteiger partial charge in [0, 0.05) is 18.4 Å². The molecule has 4 rings (SSSR count). The van der Waals surface area contributed by atoms with Crippen molar-refractivity contribution in [2.45, 2.75) is 6.42 Å². The van der Waals surface area contributed by atoms with E-state index in [1.54, 1.807) is 6.07 Å². The molecular formula is C21H15F3N2O2. The lowest BCUT2D eigenvalue weighted by Crippen LogP contribution is -2.28. The van der Waals surface area contributed by atoms with Gasteiger partial charge >= 0.3 is 0 Å². The molecule has 1 atom stereocenters. The van der Waals surface area contributed by atoms with Crippen molar-refractivity contribution >= 4 is 34.0 Å². The van der Waals surface area contributed by atoms with Crippen molar-refractivity contribution in [1.82, 2.24) is 0 Å². The van der Waals surface area contributed by atoms with E-state index in [2.05, 4.69) is 5.32 Å². The predicted molar refractivity (Wildman–Crippen MR) is 99.4 cm³/mol. The van der Waals surface area contributed by atoms with Crippen molar-refractivity contribution in [1.29, 1.82) is 0 Å². The number of carbonyl (C=O) groups excluding carboxylic acids is 2. The fourth-order valence-electron chi connectivity index (χ4n) is 3.42. The Kier molecular flexibility index (Phi) is 4.50. The van der Waals surface area contributed by atoms with Crippen LogP contribution < -0.4 is 10.2 Å². The van der Waals surface area contributed by atoms with Gasteiger partial charge in [0.25, 0.3) is 0 Å². The Hall–Kier alpha value is -3.35. The molecule has 142 valence electrons. The lowest BCUT2D eigenvalue weighted by Gasteiger charge is -2.19. The van der Waals surface area contributed by atoms with E-state index in [0.29, 0.717) is 5.69 Å². The van der Waals surface area contributed by atoms with Gasteiger partial charge in [-0.25, -0.2) is 13.2 Å². The fourth-order valence-corrected chi connectivity index (χ4v) is 3.42. The van der Waals surface area contributed by atoms with Gasteiger partial charge < -0.3 is 10.2 Å². The third-order valence-corrected chi connectivity index (χ3v) is 4.85. The summed E-state index contributed by atoms with van der Waals surface area (Å²) in [7, 11) is 0. The van der Waals surface area contributed by atoms with Gasteiger partial charge in [-0.1, -0.05) is 36.4 Å². The normalized spacial score (nSPS) is 16.6. The minimum Gasteiger partial charge on any atom is -0.323 e. The number of halogens is 3. The number of hydrogen-bond acceptors (Lipinski definition) is 2. The van der Waals surface area contributed by atoms with Crippen LogP contribution in [0.15, 0.2) is 54.6 Å². The van der Waals surface area contributed by atoms with Gasteiger partial charge in [0.05, 0.1) is 17.3 Å². The van der Waals surface area contributed by atoms with Crippen LogP contribution in [0.4, 0.5) is 24.5 Å². The molecule has 0 radical (unpaired) electrons. The number of anilines is 2. The third kappa shape index (κ3) is 3.09. The van der Waals surface area contributed by atoms with Gasteiger partial charge in [-0.3, -0.25) is 9.59 Å². The molecule has 28 heavy (non-hydrogen) atoms. The fraction of sp³-hybridized carbons (Fsp3) is 0.143. The van der Waals surface area contributed by atoms with Crippen LogP contribution in [0.5, 0.6) is 0 Å². The number of amides is 2. The minimum absolute atomic E-state index is 0.0552. The molecule has 3 aromatic carbocycles. The zero-order valence-electron chi connectivity index (χ0n) is 14.6. The Morgan fingerprint density at radius 2 is 1.71 bits per heavy atom. The molecule has 0 aliphatic carbocycles. The number of nitrogens with one attached hydrogen (secondary N) is 1. The summed E-state index contributed by atoms with van der Waals surface area (Å²) in [5, 5.41) is 4.09. The zero-order valence-corrected chi connectivity index (χ0v) is 14.6. The van der Waals surface area contributed by atoms with Crippen LogP contribution in [0.2, 0.25) is 0 Å². The number of fused-ring (bicyclic) bond motifs is 1. The molecule has 2 amide bonds. The molecule has 3 aromatic rings. The minimum atomic E-state index is -1.65. The average Bonchev–Trinajstić information content (AvgIpc) is 3.09. The Bertz CT molecular complexity index is 1090. The molecule has 0 spiro atoms. The molecule has 1 unspecified atom stereocenters. The molecule has 1 heterocycles. The van der Waals surface area contributed by atoms with Crippen molar-refractivity contribution in [2.75, 3.05) is 16.8 Å². The van der Waals surface area contributed by atoms with Gasteiger partial charge in [0.15, 0.2) is 17.5 Å². The van der Waals surface area contributed by atoms with E-state index in [9.17, 15) is 22.8 Å². The number of hydrogen-bond donors (Lipinski definition) is 1. The second-order valence-corrected chi connectivity index (χ2v) is 6.62. The van der Waals surface area contributed by atoms with Crippen LogP contribution >= 0.6 is 0 Å². The van der Waals surface area contributed by atoms with Gasteiger partial charge in [-0.2, -0.15) is 0 Å². The largest absolute Gasteiger partial charge is 0.323 e. The number of benzene rings is 3. The van der Waals surface area contributed by atoms with Crippen LogP contribution in [0.3, 0.4) is 0 Å². The highest BCUT2D eigenvalue weighted by Gasteiger charge is 2.36. The highest BCUT2D eigenvalue weighted by molar-refractivity contribution is 6.08. The van der Waals surface area contributed by atoms with E-state index >= 15 is 0 Å². The zero-order chi connectivity index (χ0) is 19.8. The monoisotopic (exact) mass is 384 g/mol. The topological polar surface area (TPSA) is 49.4 Å². The van der Waals surface area contributed by atoms with Gasteiger partial charge in [-0.05, 0) is 23.6 Å². The molecule has 4 nitrogen and oxygen atoms in total. The van der Waals surface area contributed by atoms with E-state index in [0.717, 1.165) is 22.9 Å². The molecule has 1 N–H and O–H groups in total. The molecule has 1 fully saturated rings. The van der Waals surface area contributed by atoms with Crippen molar-refractivity contribution in [3.63, 3.8) is 0 Å². The predicted octanol–water partition coefficient (Wildman–Crippen LogP) is 4.25. The SMILES string of the molecule is O=C(Nc1ccc(F)c(F)c1F)C1CC(=O)N(c2cccc3ccccc23)C1. The van der Waals surface area contributed by atoms with Crippen LogP contribution in [-0.2, 0) is 9.59 Å². The summed E-state index contributed by atoms with van der Waals surface area (Å²) in [5.41, 5.74) is 0.234. The van der Waals surface area contributed by atoms with Crippen molar-refractivity contribution in [3.8, 4) is 0 Å². The van der Waals surface area contributed by atoms with E-state index < -0.39 is 35.0 Å². The maximum Gasteiger partial charge on any atom is 0.229 e. The average molecular weight is 384 g/mol. The van der Waals surface area contributed by atoms with Crippen molar-refractivity contribution in [2.24, 2.45) is 5.92 Å². The second-order valence-electron chi connectivity index (χ2n) is 6.62. The molecule has 0 bridgehead atoms. The van der Waals surface area contributed by atoms with Gasteiger partial charge in [0.2, 0.25) is 11.8 Å². The summed E-state index contributed by atoms with van der Waals surface area (Å²) in [6.07, 6.45) is -0.0552. The molecule has 1 aliphatic rings. The highest BCUT2D eigenvalue weighted by Crippen LogP contribution is 2.32. The molecule has 1 saturated heterocycles. The van der Waals surface area contributed by atoms with Gasteiger partial charge in [-0.15, -0.1) is 0 Å². The van der Waals surface area contributed by atoms with E-state index in [-0.39, 0.29) is 18.9 Å². The van der Waals surface area contributed by atoms with E-state index in [4.69, 9.17) is 0 Å². The van der Waals surface area contributed by atoms with Crippen LogP contribution in [-0.4, -0.2) is 18.4 Å². The number of nitrogens with zero attached hydrogens (tertiary/aromatic N) is 1. The van der Waals surface area contributed by atoms with E-state index in [1.807, 2.05) is 36.4 Å². The molecule has 7 heteroatoms. The highest BCUT2D eigenvalue weighted by atomic mass is 19.2. The Morgan fingerprint density at radius 1 is 0.964 bits per heavy atom. The van der Waals surface area contributed by atoms with Gasteiger partial charge in [0.1, 0.15) is 0 Å². The van der Waals surface area contributed by atoms with Crippen molar-refractivity contribution in [3.05, 3.63) is 72.0 Å². The lowest BCUT2D eigenvalue weighted by atomic mass is 10.1. The maximum atomic E-state index is 13.8. The standard InChI is InChI=1S/C21H15F3N2O2/c22-15-8-9-16(20(24)19(15)23)25-21(28)13-10-18(27)26(11-13)17-7-3-5-12-4-1-2-6-14(12)17/h1-9,13H,10-11H2,(H,25,28). The first-order valence-corrected chi connectivity index (χ1v) is 8.68. The second kappa shape index (κ2) is 6.99. The van der Waals surface area contributed by atoms with E-state index in [1.165, 1.54) is 4.90 Å². The Morgan fingerprint density at radius 3 is 2.54 bits per heavy atom. The smallest absolute Gasteiger partial charge is 0.229 e. The lowest BCUT2D eigenvalue weighted by molar-refractivity contribution is -0.122. The van der Waals surface area contributed by atoms with Crippen LogP contribution in [0.25, 0.3) is 10.8 Å². The molecule has 1 aliphatic heterocycles. The Balaban J connectivity index is 1.56. The summed E-state index contributed by atoms with van der Waals surface area (Å²) < 4.78 is 40.2. The number of rotatable bonds is 3. The molecular weight excluding hydrogens is 369 g/mol. The summed E-state index contributed by atoms with van der Waals surface area (Å²) in [6.45, 7) is 0.115. The summed E-state index contributed by atoms with van der Waals surface area (Å²) in [4.78, 5) is 26.5. The number of carbonyl (C=O) groups is 2. The third-order valence-electron chi connectivity index (χ3n) is 4.85. The molecule has 0 aromatic heterocycles. The first kappa shape index (κ1) is 18.0. The first-order valence-electron chi connectivity index (χ1n) is 8.68. The van der Waals surface area contributed by atoms with Crippen LogP contribution in [0.1, 0.15) is 6.42 Å². The van der Waals surface area contributed by atoms with Crippen molar-refractivity contribution < 1.29 is 22.8 Å². The molecule has 0 saturated carbocycles. The quantitative estimate of drug-likeness (QED) is 0.687. The Labute approximate surface area is 158 Å². The summed E-state index contributed by atoms with van der Waals surface area (Å²) in [5.74, 6) is -6.06.